The number of allylic oxidation sites excluding steroid dienone is 4. The maximum atomic E-state index is 14.0. The summed E-state index contributed by atoms with van der Waals surface area (Å²) < 4.78 is 11.3. The van der Waals surface area contributed by atoms with Crippen LogP contribution >= 0.6 is 0 Å². The van der Waals surface area contributed by atoms with Crippen molar-refractivity contribution in [2.24, 2.45) is 0 Å². The minimum absolute atomic E-state index is 0.0151. The Morgan fingerprint density at radius 2 is 1.82 bits per heavy atom. The first-order chi connectivity index (χ1) is 17.9. The van der Waals surface area contributed by atoms with E-state index in [0.29, 0.717) is 17.1 Å². The summed E-state index contributed by atoms with van der Waals surface area (Å²) in [6, 6.07) is 7.23. The number of pyridine rings is 1. The minimum Gasteiger partial charge on any atom is -0.507 e. The second-order valence-corrected chi connectivity index (χ2v) is 9.71. The molecule has 5 rings (SSSR count). The van der Waals surface area contributed by atoms with Gasteiger partial charge in [0.2, 0.25) is 0 Å². The number of hydrogen-bond donors (Lipinski definition) is 3. The average Bonchev–Trinajstić information content (AvgIpc) is 3.15. The van der Waals surface area contributed by atoms with E-state index in [1.807, 2.05) is 25.1 Å². The molecule has 1 aliphatic heterocycles. The van der Waals surface area contributed by atoms with Gasteiger partial charge in [-0.15, -0.1) is 0 Å². The largest absolute Gasteiger partial charge is 0.507 e. The van der Waals surface area contributed by atoms with E-state index in [1.54, 1.807) is 20.1 Å². The standard InChI is InChI=1S/C29H26N2O7/c1-12-9-20(37-6)17-10-16(7-8-18(17)30-12)31-14(3)22-19(33)11-21-29(5,28(22)36)24-26(35)13(2)25(34)23(15(4)32)27(24)38-21/h7-11,31,34-35H,1-6H3. The van der Waals surface area contributed by atoms with Gasteiger partial charge in [-0.05, 0) is 52.8 Å². The molecule has 9 heteroatoms. The Hall–Kier alpha value is -4.66. The molecule has 2 aromatic carbocycles. The SMILES string of the molecule is COc1cc(C)nc2ccc(NC(C)=C3C(=O)C=C4Oc5c(C(C)=O)c(O)c(C)c(O)c5C4(C)C3=O)cc12. The van der Waals surface area contributed by atoms with E-state index in [2.05, 4.69) is 10.3 Å². The van der Waals surface area contributed by atoms with Gasteiger partial charge in [0.05, 0.1) is 23.8 Å². The molecule has 0 spiro atoms. The highest BCUT2D eigenvalue weighted by atomic mass is 16.5. The molecule has 1 unspecified atom stereocenters. The number of phenolic OH excluding ortho intramolecular Hbond substituents is 2. The van der Waals surface area contributed by atoms with Gasteiger partial charge in [0.15, 0.2) is 17.3 Å². The molecule has 1 atom stereocenters. The molecule has 9 nitrogen and oxygen atoms in total. The number of methoxy groups -OCH3 is 1. The van der Waals surface area contributed by atoms with Crippen molar-refractivity contribution in [2.45, 2.75) is 40.0 Å². The topological polar surface area (TPSA) is 135 Å². The van der Waals surface area contributed by atoms with Crippen molar-refractivity contribution in [3.05, 3.63) is 69.8 Å². The molecule has 0 amide bonds. The molecule has 0 saturated heterocycles. The van der Waals surface area contributed by atoms with Gasteiger partial charge < -0.3 is 25.0 Å². The van der Waals surface area contributed by atoms with E-state index in [-0.39, 0.29) is 39.5 Å². The van der Waals surface area contributed by atoms with Gasteiger partial charge in [0.25, 0.3) is 0 Å². The van der Waals surface area contributed by atoms with Gasteiger partial charge in [-0.2, -0.15) is 0 Å². The van der Waals surface area contributed by atoms with Crippen LogP contribution in [0.25, 0.3) is 10.9 Å². The number of nitrogens with one attached hydrogen (secondary N) is 1. The Kier molecular flexibility index (Phi) is 5.56. The van der Waals surface area contributed by atoms with E-state index in [4.69, 9.17) is 9.47 Å². The molecular weight excluding hydrogens is 488 g/mol. The quantitative estimate of drug-likeness (QED) is 0.260. The number of ether oxygens (including phenoxy) is 2. The Balaban J connectivity index is 1.63. The summed E-state index contributed by atoms with van der Waals surface area (Å²) in [5.41, 5.74) is 0.685. The summed E-state index contributed by atoms with van der Waals surface area (Å²) in [6.07, 6.45) is 1.19. The zero-order valence-electron chi connectivity index (χ0n) is 21.8. The van der Waals surface area contributed by atoms with E-state index >= 15 is 0 Å². The lowest BCUT2D eigenvalue weighted by atomic mass is 9.70. The number of carbonyl (C=O) groups is 3. The number of hydrogen-bond acceptors (Lipinski definition) is 9. The zero-order valence-corrected chi connectivity index (χ0v) is 21.8. The molecule has 0 saturated carbocycles. The number of Topliss-reactive ketones (excluding diaryl/α,β-unsaturated/α-hetero) is 2. The second-order valence-electron chi connectivity index (χ2n) is 9.71. The molecule has 1 aromatic heterocycles. The van der Waals surface area contributed by atoms with Crippen LogP contribution in [0.1, 0.15) is 48.0 Å². The monoisotopic (exact) mass is 514 g/mol. The minimum atomic E-state index is -1.58. The third-order valence-electron chi connectivity index (χ3n) is 7.21. The highest BCUT2D eigenvalue weighted by molar-refractivity contribution is 6.31. The number of anilines is 1. The first kappa shape index (κ1) is 25.0. The lowest BCUT2D eigenvalue weighted by Gasteiger charge is -2.29. The van der Waals surface area contributed by atoms with Crippen LogP contribution in [0.2, 0.25) is 0 Å². The molecule has 2 heterocycles. The molecule has 0 bridgehead atoms. The Labute approximate surface area is 218 Å². The molecule has 3 aromatic rings. The van der Waals surface area contributed by atoms with E-state index in [9.17, 15) is 24.6 Å². The van der Waals surface area contributed by atoms with Crippen molar-refractivity contribution in [1.29, 1.82) is 0 Å². The van der Waals surface area contributed by atoms with Gasteiger partial charge >= 0.3 is 0 Å². The fraction of sp³-hybridized carbons (Fsp3) is 0.241. The molecular formula is C29H26N2O7. The molecule has 3 N–H and O–H groups in total. The lowest BCUT2D eigenvalue weighted by Crippen LogP contribution is -2.40. The third-order valence-corrected chi connectivity index (χ3v) is 7.21. The number of carbonyl (C=O) groups excluding carboxylic acids is 3. The number of aryl methyl sites for hydroxylation is 1. The second kappa shape index (κ2) is 8.44. The predicted octanol–water partition coefficient (Wildman–Crippen LogP) is 4.55. The first-order valence-corrected chi connectivity index (χ1v) is 11.9. The smallest absolute Gasteiger partial charge is 0.194 e. The average molecular weight is 515 g/mol. The Morgan fingerprint density at radius 1 is 1.11 bits per heavy atom. The van der Waals surface area contributed by atoms with Crippen LogP contribution < -0.4 is 14.8 Å². The maximum absolute atomic E-state index is 14.0. The number of nitrogens with zero attached hydrogens (tertiary/aromatic N) is 1. The normalized spacial score (nSPS) is 19.5. The van der Waals surface area contributed by atoms with Gasteiger partial charge in [-0.25, -0.2) is 0 Å². The summed E-state index contributed by atoms with van der Waals surface area (Å²) >= 11 is 0. The highest BCUT2D eigenvalue weighted by Crippen LogP contribution is 2.57. The molecule has 1 aliphatic carbocycles. The van der Waals surface area contributed by atoms with Gasteiger partial charge in [-0.1, -0.05) is 0 Å². The molecule has 0 radical (unpaired) electrons. The number of benzene rings is 2. The van der Waals surface area contributed by atoms with Crippen LogP contribution in [0, 0.1) is 13.8 Å². The van der Waals surface area contributed by atoms with Crippen LogP contribution in [0.15, 0.2) is 47.4 Å². The van der Waals surface area contributed by atoms with E-state index in [0.717, 1.165) is 16.6 Å². The molecule has 0 fully saturated rings. The van der Waals surface area contributed by atoms with Crippen molar-refractivity contribution in [3.63, 3.8) is 0 Å². The molecule has 2 aliphatic rings. The Bertz CT molecular complexity index is 1680. The number of aromatic hydroxyl groups is 2. The van der Waals surface area contributed by atoms with Gasteiger partial charge in [-0.3, -0.25) is 19.4 Å². The molecule has 38 heavy (non-hydrogen) atoms. The van der Waals surface area contributed by atoms with Crippen molar-refractivity contribution >= 4 is 33.9 Å². The van der Waals surface area contributed by atoms with Crippen molar-refractivity contribution in [2.75, 3.05) is 12.4 Å². The summed E-state index contributed by atoms with van der Waals surface area (Å²) in [5.74, 6) is -1.99. The summed E-state index contributed by atoms with van der Waals surface area (Å²) in [4.78, 5) is 44.0. The van der Waals surface area contributed by atoms with Crippen LogP contribution in [-0.2, 0) is 15.0 Å². The van der Waals surface area contributed by atoms with Crippen LogP contribution in [0.5, 0.6) is 23.0 Å². The van der Waals surface area contributed by atoms with Crippen molar-refractivity contribution < 1.29 is 34.1 Å². The summed E-state index contributed by atoms with van der Waals surface area (Å²) in [6.45, 7) is 7.70. The van der Waals surface area contributed by atoms with Gasteiger partial charge in [0, 0.05) is 40.2 Å². The van der Waals surface area contributed by atoms with Crippen molar-refractivity contribution in [1.82, 2.24) is 4.98 Å². The maximum Gasteiger partial charge on any atom is 0.194 e. The number of fused-ring (bicyclic) bond motifs is 4. The molecule has 194 valence electrons. The fourth-order valence-electron chi connectivity index (χ4n) is 5.21. The van der Waals surface area contributed by atoms with Crippen LogP contribution in [0.3, 0.4) is 0 Å². The van der Waals surface area contributed by atoms with Crippen LogP contribution in [0.4, 0.5) is 5.69 Å². The van der Waals surface area contributed by atoms with E-state index < -0.39 is 28.5 Å². The Morgan fingerprint density at radius 3 is 2.47 bits per heavy atom. The fourth-order valence-corrected chi connectivity index (χ4v) is 5.21. The zero-order chi connectivity index (χ0) is 27.7. The van der Waals surface area contributed by atoms with Crippen LogP contribution in [-0.4, -0.2) is 39.7 Å². The van der Waals surface area contributed by atoms with Crippen molar-refractivity contribution in [3.8, 4) is 23.0 Å². The summed E-state index contributed by atoms with van der Waals surface area (Å²) in [7, 11) is 1.57. The number of aromatic nitrogens is 1. The third kappa shape index (κ3) is 3.38. The number of phenols is 2. The number of rotatable bonds is 4. The van der Waals surface area contributed by atoms with E-state index in [1.165, 1.54) is 26.8 Å². The predicted molar refractivity (Wildman–Crippen MR) is 140 cm³/mol. The highest BCUT2D eigenvalue weighted by Gasteiger charge is 2.56. The number of ketones is 3. The first-order valence-electron chi connectivity index (χ1n) is 11.9. The summed E-state index contributed by atoms with van der Waals surface area (Å²) in [5, 5.41) is 25.4. The van der Waals surface area contributed by atoms with Gasteiger partial charge in [0.1, 0.15) is 39.7 Å². The lowest BCUT2D eigenvalue weighted by molar-refractivity contribution is -0.123.